The van der Waals surface area contributed by atoms with Crippen LogP contribution >= 0.6 is 11.6 Å². The molecule has 2 N–H and O–H groups in total. The number of likely N-dealkylation sites (tertiary alicyclic amines) is 1. The van der Waals surface area contributed by atoms with E-state index in [4.69, 9.17) is 16.3 Å². The molecule has 1 spiro atoms. The Bertz CT molecular complexity index is 1910. The maximum absolute atomic E-state index is 14.1. The Balaban J connectivity index is 1.23. The monoisotopic (exact) mass is 634 g/mol. The normalized spacial score (nSPS) is 17.8. The average Bonchev–Trinajstić information content (AvgIpc) is 3.57. The summed E-state index contributed by atoms with van der Waals surface area (Å²) in [6, 6.07) is 13.6. The zero-order valence-corrected chi connectivity index (χ0v) is 25.6. The van der Waals surface area contributed by atoms with Gasteiger partial charge in [-0.1, -0.05) is 48.4 Å². The Morgan fingerprint density at radius 1 is 1.09 bits per heavy atom. The number of fused-ring (bicyclic) bond motifs is 3. The van der Waals surface area contributed by atoms with Gasteiger partial charge in [0.05, 0.1) is 29.1 Å². The summed E-state index contributed by atoms with van der Waals surface area (Å²) in [5.74, 6) is -0.938. The van der Waals surface area contributed by atoms with Gasteiger partial charge in [-0.05, 0) is 61.4 Å². The van der Waals surface area contributed by atoms with Crippen molar-refractivity contribution in [3.05, 3.63) is 82.1 Å². The van der Waals surface area contributed by atoms with E-state index < -0.39 is 21.5 Å². The van der Waals surface area contributed by atoms with E-state index in [1.165, 1.54) is 21.8 Å². The second-order valence-electron chi connectivity index (χ2n) is 11.7. The quantitative estimate of drug-likeness (QED) is 0.312. The fraction of sp³-hybridized carbons (Fsp3) is 0.355. The second kappa shape index (κ2) is 10.9. The van der Waals surface area contributed by atoms with Gasteiger partial charge >= 0.3 is 0 Å². The highest BCUT2D eigenvalue weighted by atomic mass is 35.5. The largest absolute Gasteiger partial charge is 0.365 e. The van der Waals surface area contributed by atoms with E-state index in [-0.39, 0.29) is 33.7 Å². The Morgan fingerprint density at radius 3 is 2.61 bits per heavy atom. The van der Waals surface area contributed by atoms with Crippen molar-refractivity contribution in [3.63, 3.8) is 0 Å². The van der Waals surface area contributed by atoms with E-state index in [0.29, 0.717) is 56.1 Å². The third-order valence-electron chi connectivity index (χ3n) is 8.97. The van der Waals surface area contributed by atoms with Gasteiger partial charge in [-0.3, -0.25) is 9.59 Å². The minimum Gasteiger partial charge on any atom is -0.365 e. The number of rotatable bonds is 6. The number of hydrogen-bond donors (Lipinski definition) is 2. The van der Waals surface area contributed by atoms with Crippen LogP contribution < -0.4 is 10.0 Å². The maximum atomic E-state index is 14.1. The second-order valence-corrected chi connectivity index (χ2v) is 13.8. The summed E-state index contributed by atoms with van der Waals surface area (Å²) in [5.41, 5.74) is 3.55. The molecule has 13 heteroatoms. The van der Waals surface area contributed by atoms with Crippen molar-refractivity contribution in [1.29, 1.82) is 0 Å². The van der Waals surface area contributed by atoms with Crippen molar-refractivity contribution in [3.8, 4) is 0 Å². The molecule has 1 saturated heterocycles. The fourth-order valence-corrected chi connectivity index (χ4v) is 7.49. The third kappa shape index (κ3) is 4.90. The molecule has 7 rings (SSSR count). The highest BCUT2D eigenvalue weighted by Crippen LogP contribution is 2.44. The van der Waals surface area contributed by atoms with Gasteiger partial charge in [0.25, 0.3) is 15.9 Å². The van der Waals surface area contributed by atoms with Crippen LogP contribution in [-0.4, -0.2) is 52.8 Å². The molecular weight excluding hydrogens is 604 g/mol. The molecule has 1 saturated carbocycles. The molecule has 2 fully saturated rings. The number of hydrogen-bond acceptors (Lipinski definition) is 8. The number of benzene rings is 2. The van der Waals surface area contributed by atoms with Crippen molar-refractivity contribution in [1.82, 2.24) is 24.2 Å². The molecule has 4 aromatic rings. The first kappa shape index (κ1) is 28.8. The van der Waals surface area contributed by atoms with E-state index >= 15 is 0 Å². The topological polar surface area (TPSA) is 135 Å². The summed E-state index contributed by atoms with van der Waals surface area (Å²) in [4.78, 5) is 32.4. The number of nitrogens with one attached hydrogen (secondary N) is 2. The van der Waals surface area contributed by atoms with Gasteiger partial charge in [0.2, 0.25) is 5.91 Å². The number of ether oxygens (including phenoxy) is 1. The number of anilines is 2. The number of carbonyl (C=O) groups excluding carboxylic acids is 2. The lowest BCUT2D eigenvalue weighted by Crippen LogP contribution is -2.45. The first-order valence-corrected chi connectivity index (χ1v) is 16.5. The molecule has 2 amide bonds. The number of carbonyl (C=O) groups is 2. The van der Waals surface area contributed by atoms with Crippen molar-refractivity contribution in [2.45, 2.75) is 56.1 Å². The molecule has 2 aromatic carbocycles. The van der Waals surface area contributed by atoms with Crippen LogP contribution in [0.2, 0.25) is 5.02 Å². The predicted octanol–water partition coefficient (Wildman–Crippen LogP) is 4.70. The molecular formula is C31H31ClN6O5S. The van der Waals surface area contributed by atoms with Crippen LogP contribution in [0.1, 0.15) is 59.2 Å². The molecule has 0 unspecified atom stereocenters. The Hall–Kier alpha value is -4.00. The summed E-state index contributed by atoms with van der Waals surface area (Å²) in [6.07, 6.45) is 5.97. The van der Waals surface area contributed by atoms with Gasteiger partial charge < -0.3 is 15.0 Å². The summed E-state index contributed by atoms with van der Waals surface area (Å²) in [6.45, 7) is 3.39. The zero-order chi connectivity index (χ0) is 30.6. The zero-order valence-electron chi connectivity index (χ0n) is 24.0. The number of nitrogens with zero attached hydrogens (tertiary/aromatic N) is 4. The lowest BCUT2D eigenvalue weighted by Gasteiger charge is -2.39. The summed E-state index contributed by atoms with van der Waals surface area (Å²) in [5, 5.41) is 7.95. The smallest absolute Gasteiger partial charge is 0.269 e. The van der Waals surface area contributed by atoms with Crippen molar-refractivity contribution in [2.75, 3.05) is 18.4 Å². The minimum absolute atomic E-state index is 0.0321. The summed E-state index contributed by atoms with van der Waals surface area (Å²) < 4.78 is 36.2. The van der Waals surface area contributed by atoms with Crippen LogP contribution in [0.3, 0.4) is 0 Å². The first-order chi connectivity index (χ1) is 21.1. The van der Waals surface area contributed by atoms with E-state index in [1.807, 2.05) is 31.2 Å². The molecule has 0 atom stereocenters. The van der Waals surface area contributed by atoms with Gasteiger partial charge in [-0.25, -0.2) is 18.1 Å². The van der Waals surface area contributed by atoms with Gasteiger partial charge in [0, 0.05) is 25.2 Å². The molecule has 3 aliphatic rings. The lowest BCUT2D eigenvalue weighted by atomic mass is 9.83. The SMILES string of the molecule is Cc1ccc(Cl)c(Nc2c(C(=O)N3CCC4(CC3)OCc3ccccc34)cnc3c(S(=O)(=O)NC(=O)C4CCC4)cnn23)c1. The van der Waals surface area contributed by atoms with Crippen LogP contribution in [0.4, 0.5) is 11.5 Å². The standard InChI is InChI=1S/C31H31ClN6O5S/c1-19-9-10-24(32)25(15-19)35-27-22(30(40)37-13-11-31(12-14-37)23-8-3-2-5-21(23)18-43-31)16-33-28-26(17-34-38(27)28)44(41,42)36-29(39)20-6-4-7-20/h2-3,5,8-10,15-17,20,35H,4,6-7,11-14,18H2,1H3,(H,36,39). The molecule has 228 valence electrons. The maximum Gasteiger partial charge on any atom is 0.269 e. The number of amides is 2. The number of halogens is 1. The van der Waals surface area contributed by atoms with Crippen LogP contribution in [0.5, 0.6) is 0 Å². The fourth-order valence-electron chi connectivity index (χ4n) is 6.22. The number of aromatic nitrogens is 3. The molecule has 4 heterocycles. The highest BCUT2D eigenvalue weighted by molar-refractivity contribution is 7.90. The molecule has 1 aliphatic carbocycles. The van der Waals surface area contributed by atoms with Gasteiger partial charge in [0.15, 0.2) is 10.5 Å². The van der Waals surface area contributed by atoms with Crippen LogP contribution in [0.25, 0.3) is 5.65 Å². The van der Waals surface area contributed by atoms with Crippen LogP contribution in [-0.2, 0) is 31.8 Å². The van der Waals surface area contributed by atoms with Crippen LogP contribution in [0.15, 0.2) is 59.8 Å². The Morgan fingerprint density at radius 2 is 1.86 bits per heavy atom. The third-order valence-corrected chi connectivity index (χ3v) is 10.6. The number of sulfonamides is 1. The average molecular weight is 635 g/mol. The molecule has 44 heavy (non-hydrogen) atoms. The van der Waals surface area contributed by atoms with E-state index in [1.54, 1.807) is 11.0 Å². The molecule has 0 bridgehead atoms. The predicted molar refractivity (Wildman–Crippen MR) is 163 cm³/mol. The first-order valence-electron chi connectivity index (χ1n) is 14.6. The van der Waals surface area contributed by atoms with Gasteiger partial charge in [-0.2, -0.15) is 9.61 Å². The molecule has 0 radical (unpaired) electrons. The van der Waals surface area contributed by atoms with Crippen molar-refractivity contribution in [2.24, 2.45) is 5.92 Å². The highest BCUT2D eigenvalue weighted by Gasteiger charge is 2.43. The summed E-state index contributed by atoms with van der Waals surface area (Å²) in [7, 11) is -4.27. The minimum atomic E-state index is -4.27. The Kier molecular flexibility index (Phi) is 7.10. The van der Waals surface area contributed by atoms with E-state index in [9.17, 15) is 18.0 Å². The number of aryl methyl sites for hydroxylation is 1. The summed E-state index contributed by atoms with van der Waals surface area (Å²) >= 11 is 6.51. The van der Waals surface area contributed by atoms with E-state index in [2.05, 4.69) is 32.3 Å². The molecule has 2 aliphatic heterocycles. The Labute approximate surface area is 259 Å². The van der Waals surface area contributed by atoms with Crippen LogP contribution in [0, 0.1) is 12.8 Å². The number of piperidine rings is 1. The van der Waals surface area contributed by atoms with Crippen molar-refractivity contribution < 1.29 is 22.7 Å². The van der Waals surface area contributed by atoms with Gasteiger partial charge in [0.1, 0.15) is 11.4 Å². The lowest BCUT2D eigenvalue weighted by molar-refractivity contribution is -0.125. The van der Waals surface area contributed by atoms with Crippen molar-refractivity contribution >= 4 is 50.6 Å². The van der Waals surface area contributed by atoms with E-state index in [0.717, 1.165) is 18.2 Å². The molecule has 2 aromatic heterocycles. The van der Waals surface area contributed by atoms with Gasteiger partial charge in [-0.15, -0.1) is 0 Å². The molecule has 11 nitrogen and oxygen atoms in total.